The minimum absolute atomic E-state index is 0.0286. The van der Waals surface area contributed by atoms with E-state index in [4.69, 9.17) is 14.6 Å². The number of hydrogen-bond acceptors (Lipinski definition) is 5. The van der Waals surface area contributed by atoms with Crippen LogP contribution in [0.3, 0.4) is 0 Å². The summed E-state index contributed by atoms with van der Waals surface area (Å²) >= 11 is 0. The average Bonchev–Trinajstić information content (AvgIpc) is 2.53. The molecular weight excluding hydrogens is 268 g/mol. The van der Waals surface area contributed by atoms with Gasteiger partial charge in [0.2, 0.25) is 0 Å². The molecule has 5 nitrogen and oxygen atoms in total. The number of methoxy groups -OCH3 is 1. The monoisotopic (exact) mass is 292 g/mol. The molecule has 0 aliphatic carbocycles. The number of aliphatic hydroxyl groups is 1. The van der Waals surface area contributed by atoms with Crippen molar-refractivity contribution in [1.82, 2.24) is 4.90 Å². The fraction of sp³-hybridized carbons (Fsp3) is 0.562. The summed E-state index contributed by atoms with van der Waals surface area (Å²) in [6.45, 7) is 5.82. The van der Waals surface area contributed by atoms with E-state index in [0.29, 0.717) is 31.2 Å². The van der Waals surface area contributed by atoms with Gasteiger partial charge in [0.15, 0.2) is 11.5 Å². The first-order valence-corrected chi connectivity index (χ1v) is 7.27. The van der Waals surface area contributed by atoms with Crippen LogP contribution >= 0.6 is 0 Å². The third-order valence-corrected chi connectivity index (χ3v) is 3.25. The van der Waals surface area contributed by atoms with E-state index in [1.54, 1.807) is 7.11 Å². The van der Waals surface area contributed by atoms with Crippen LogP contribution in [-0.4, -0.2) is 43.4 Å². The summed E-state index contributed by atoms with van der Waals surface area (Å²) in [7, 11) is 1.59. The van der Waals surface area contributed by atoms with E-state index in [1.165, 1.54) is 0 Å². The number of hydrogen-bond donors (Lipinski definition) is 1. The summed E-state index contributed by atoms with van der Waals surface area (Å²) < 4.78 is 11.0. The number of nitriles is 1. The van der Waals surface area contributed by atoms with Crippen molar-refractivity contribution in [2.75, 3.05) is 33.4 Å². The fourth-order valence-electron chi connectivity index (χ4n) is 2.15. The SMILES string of the molecule is CCCOc1ccc(C(C#N)N(CC)CCO)cc1OC. The van der Waals surface area contributed by atoms with Gasteiger partial charge in [-0.15, -0.1) is 0 Å². The van der Waals surface area contributed by atoms with Crippen molar-refractivity contribution < 1.29 is 14.6 Å². The Labute approximate surface area is 126 Å². The highest BCUT2D eigenvalue weighted by Crippen LogP contribution is 2.32. The summed E-state index contributed by atoms with van der Waals surface area (Å²) in [6, 6.07) is 7.42. The standard InChI is InChI=1S/C16H24N2O3/c1-4-10-21-15-7-6-13(11-16(15)20-3)14(12-17)18(5-2)8-9-19/h6-7,11,14,19H,4-5,8-10H2,1-3H3. The lowest BCUT2D eigenvalue weighted by atomic mass is 10.1. The molecule has 0 amide bonds. The minimum atomic E-state index is -0.406. The van der Waals surface area contributed by atoms with Crippen LogP contribution in [0.15, 0.2) is 18.2 Å². The fourth-order valence-corrected chi connectivity index (χ4v) is 2.15. The molecule has 1 aromatic rings. The Kier molecular flexibility index (Phi) is 7.59. The Balaban J connectivity index is 3.03. The molecule has 116 valence electrons. The van der Waals surface area contributed by atoms with Crippen molar-refractivity contribution in [2.24, 2.45) is 0 Å². The highest BCUT2D eigenvalue weighted by atomic mass is 16.5. The molecule has 0 aliphatic heterocycles. The van der Waals surface area contributed by atoms with Gasteiger partial charge in [0.1, 0.15) is 6.04 Å². The van der Waals surface area contributed by atoms with Gasteiger partial charge < -0.3 is 14.6 Å². The van der Waals surface area contributed by atoms with Gasteiger partial charge in [-0.25, -0.2) is 0 Å². The van der Waals surface area contributed by atoms with Crippen LogP contribution in [0.25, 0.3) is 0 Å². The molecule has 1 aromatic carbocycles. The van der Waals surface area contributed by atoms with E-state index in [0.717, 1.165) is 12.0 Å². The largest absolute Gasteiger partial charge is 0.493 e. The first kappa shape index (κ1) is 17.3. The maximum absolute atomic E-state index is 9.44. The highest BCUT2D eigenvalue weighted by Gasteiger charge is 2.20. The normalized spacial score (nSPS) is 12.0. The van der Waals surface area contributed by atoms with Gasteiger partial charge in [-0.3, -0.25) is 4.90 Å². The highest BCUT2D eigenvalue weighted by molar-refractivity contribution is 5.44. The Hall–Kier alpha value is -1.77. The second-order valence-electron chi connectivity index (χ2n) is 4.64. The molecular formula is C16H24N2O3. The molecule has 1 N–H and O–H groups in total. The van der Waals surface area contributed by atoms with Gasteiger partial charge in [-0.2, -0.15) is 5.26 Å². The summed E-state index contributed by atoms with van der Waals surface area (Å²) in [5.41, 5.74) is 0.841. The van der Waals surface area contributed by atoms with Crippen molar-refractivity contribution >= 4 is 0 Å². The lowest BCUT2D eigenvalue weighted by molar-refractivity contribution is 0.180. The van der Waals surface area contributed by atoms with Crippen molar-refractivity contribution in [3.8, 4) is 17.6 Å². The maximum atomic E-state index is 9.44. The van der Waals surface area contributed by atoms with Crippen molar-refractivity contribution in [2.45, 2.75) is 26.3 Å². The predicted octanol–water partition coefficient (Wildman–Crippen LogP) is 2.36. The molecule has 0 aliphatic rings. The molecule has 0 saturated carbocycles. The number of rotatable bonds is 9. The van der Waals surface area contributed by atoms with E-state index >= 15 is 0 Å². The lowest BCUT2D eigenvalue weighted by Crippen LogP contribution is -2.30. The zero-order valence-corrected chi connectivity index (χ0v) is 13.0. The van der Waals surface area contributed by atoms with E-state index in [1.807, 2.05) is 36.9 Å². The molecule has 0 saturated heterocycles. The first-order chi connectivity index (χ1) is 10.2. The zero-order valence-electron chi connectivity index (χ0n) is 13.0. The molecule has 0 radical (unpaired) electrons. The number of aliphatic hydroxyl groups excluding tert-OH is 1. The molecule has 0 fully saturated rings. The molecule has 0 heterocycles. The molecule has 5 heteroatoms. The minimum Gasteiger partial charge on any atom is -0.493 e. The van der Waals surface area contributed by atoms with Crippen LogP contribution in [-0.2, 0) is 0 Å². The number of ether oxygens (including phenoxy) is 2. The van der Waals surface area contributed by atoms with Gasteiger partial charge in [0.05, 0.1) is 26.4 Å². The molecule has 1 atom stereocenters. The van der Waals surface area contributed by atoms with Crippen molar-refractivity contribution in [3.63, 3.8) is 0 Å². The smallest absolute Gasteiger partial charge is 0.161 e. The van der Waals surface area contributed by atoms with Crippen LogP contribution in [0.4, 0.5) is 0 Å². The molecule has 0 aromatic heterocycles. The second kappa shape index (κ2) is 9.22. The summed E-state index contributed by atoms with van der Waals surface area (Å²) in [5, 5.41) is 18.5. The Morgan fingerprint density at radius 1 is 1.33 bits per heavy atom. The van der Waals surface area contributed by atoms with E-state index in [2.05, 4.69) is 6.07 Å². The van der Waals surface area contributed by atoms with Crippen molar-refractivity contribution in [3.05, 3.63) is 23.8 Å². The van der Waals surface area contributed by atoms with Crippen LogP contribution in [0, 0.1) is 11.3 Å². The first-order valence-electron chi connectivity index (χ1n) is 7.27. The van der Waals surface area contributed by atoms with Crippen LogP contribution < -0.4 is 9.47 Å². The Morgan fingerprint density at radius 3 is 2.62 bits per heavy atom. The molecule has 1 unspecified atom stereocenters. The van der Waals surface area contributed by atoms with Crippen LogP contribution in [0.5, 0.6) is 11.5 Å². The predicted molar refractivity (Wildman–Crippen MR) is 81.5 cm³/mol. The quantitative estimate of drug-likeness (QED) is 0.757. The topological polar surface area (TPSA) is 65.7 Å². The van der Waals surface area contributed by atoms with Gasteiger partial charge in [0.25, 0.3) is 0 Å². The second-order valence-corrected chi connectivity index (χ2v) is 4.64. The number of nitrogens with zero attached hydrogens (tertiary/aromatic N) is 2. The molecule has 21 heavy (non-hydrogen) atoms. The van der Waals surface area contributed by atoms with E-state index in [9.17, 15) is 5.26 Å². The number of benzene rings is 1. The van der Waals surface area contributed by atoms with Crippen LogP contribution in [0.2, 0.25) is 0 Å². The zero-order chi connectivity index (χ0) is 15.7. The number of likely N-dealkylation sites (N-methyl/N-ethyl adjacent to an activating group) is 1. The van der Waals surface area contributed by atoms with E-state index < -0.39 is 6.04 Å². The van der Waals surface area contributed by atoms with Gasteiger partial charge in [0, 0.05) is 6.54 Å². The third-order valence-electron chi connectivity index (χ3n) is 3.25. The van der Waals surface area contributed by atoms with Crippen molar-refractivity contribution in [1.29, 1.82) is 5.26 Å². The summed E-state index contributed by atoms with van der Waals surface area (Å²) in [6.07, 6.45) is 0.922. The summed E-state index contributed by atoms with van der Waals surface area (Å²) in [4.78, 5) is 1.92. The average molecular weight is 292 g/mol. The Bertz CT molecular complexity index is 471. The molecule has 1 rings (SSSR count). The van der Waals surface area contributed by atoms with Gasteiger partial charge >= 0.3 is 0 Å². The van der Waals surface area contributed by atoms with Gasteiger partial charge in [-0.1, -0.05) is 19.9 Å². The van der Waals surface area contributed by atoms with Crippen LogP contribution in [0.1, 0.15) is 31.9 Å². The lowest BCUT2D eigenvalue weighted by Gasteiger charge is -2.25. The Morgan fingerprint density at radius 2 is 2.10 bits per heavy atom. The van der Waals surface area contributed by atoms with Gasteiger partial charge in [-0.05, 0) is 30.7 Å². The summed E-state index contributed by atoms with van der Waals surface area (Å²) in [5.74, 6) is 1.31. The van der Waals surface area contributed by atoms with E-state index in [-0.39, 0.29) is 6.61 Å². The molecule has 0 spiro atoms. The maximum Gasteiger partial charge on any atom is 0.161 e. The third kappa shape index (κ3) is 4.62. The molecule has 0 bridgehead atoms.